The van der Waals surface area contributed by atoms with E-state index in [1.807, 2.05) is 56.3 Å². The van der Waals surface area contributed by atoms with E-state index >= 15 is 0 Å². The lowest BCUT2D eigenvalue weighted by Gasteiger charge is -2.30. The predicted molar refractivity (Wildman–Crippen MR) is 276 cm³/mol. The number of nitrogens with one attached hydrogen (secondary N) is 5. The van der Waals surface area contributed by atoms with E-state index in [-0.39, 0.29) is 40.7 Å². The van der Waals surface area contributed by atoms with Crippen molar-refractivity contribution in [1.29, 1.82) is 0 Å². The normalized spacial score (nSPS) is 13.6. The number of rotatable bonds is 17. The Hall–Kier alpha value is -7.23. The van der Waals surface area contributed by atoms with Crippen LogP contribution in [0.3, 0.4) is 0 Å². The molecule has 382 valence electrons. The van der Waals surface area contributed by atoms with Gasteiger partial charge in [0.15, 0.2) is 0 Å². The van der Waals surface area contributed by atoms with Crippen LogP contribution < -0.4 is 35.6 Å². The van der Waals surface area contributed by atoms with Gasteiger partial charge >= 0.3 is 0 Å². The van der Waals surface area contributed by atoms with Gasteiger partial charge in [-0.15, -0.1) is 0 Å². The van der Waals surface area contributed by atoms with Crippen molar-refractivity contribution in [1.82, 2.24) is 19.7 Å². The van der Waals surface area contributed by atoms with E-state index in [4.69, 9.17) is 4.74 Å². The third kappa shape index (κ3) is 11.5. The molecular formula is C48H49N9O12S4. The van der Waals surface area contributed by atoms with Crippen LogP contribution >= 0.6 is 0 Å². The molecule has 1 aliphatic heterocycles. The second-order valence-corrected chi connectivity index (χ2v) is 23.2. The van der Waals surface area contributed by atoms with Gasteiger partial charge in [-0.25, -0.2) is 13.1 Å². The SMILES string of the molecule is Cc1cccc(C)c1Nc1ccc2c(c1)Oc1cc(Nc3c(C)cc(S(=O)(=O)NCCNc4nc(Nc5cc(S(=O)(=O)O)ccc5S(=O)(=O)O)nc(N(C)C)n4)cc3C)ccc1C2c1ccccc1S(=O)(=O)O. The largest absolute Gasteiger partial charge is 0.457 e. The van der Waals surface area contributed by atoms with Crippen molar-refractivity contribution in [2.45, 2.75) is 53.2 Å². The monoisotopic (exact) mass is 1070 g/mol. The van der Waals surface area contributed by atoms with E-state index in [0.29, 0.717) is 50.7 Å². The van der Waals surface area contributed by atoms with Crippen LogP contribution in [0, 0.1) is 27.7 Å². The fourth-order valence-corrected chi connectivity index (χ4v) is 11.4. The number of fused-ring (bicyclic) bond motifs is 2. The van der Waals surface area contributed by atoms with E-state index in [0.717, 1.165) is 40.7 Å². The zero-order valence-electron chi connectivity index (χ0n) is 39.8. The molecule has 0 aliphatic carbocycles. The first-order chi connectivity index (χ1) is 34.3. The van der Waals surface area contributed by atoms with Crippen LogP contribution in [0.1, 0.15) is 44.9 Å². The molecule has 0 radical (unpaired) electrons. The summed E-state index contributed by atoms with van der Waals surface area (Å²) in [6, 6.07) is 28.6. The number of aryl methyl sites for hydroxylation is 4. The molecule has 0 spiro atoms. The number of nitrogens with zero attached hydrogens (tertiary/aromatic N) is 4. The Morgan fingerprint density at radius 2 is 1.10 bits per heavy atom. The molecule has 6 aromatic carbocycles. The molecule has 1 aliphatic rings. The highest BCUT2D eigenvalue weighted by atomic mass is 32.2. The van der Waals surface area contributed by atoms with Gasteiger partial charge in [-0.1, -0.05) is 48.5 Å². The summed E-state index contributed by atoms with van der Waals surface area (Å²) in [5.74, 6) is -0.111. The smallest absolute Gasteiger partial charge is 0.296 e. The van der Waals surface area contributed by atoms with Crippen molar-refractivity contribution in [3.8, 4) is 11.5 Å². The first-order valence-electron chi connectivity index (χ1n) is 22.0. The fraction of sp³-hybridized carbons (Fsp3) is 0.188. The summed E-state index contributed by atoms with van der Waals surface area (Å²) in [5, 5.41) is 12.3. The number of hydrogen-bond acceptors (Lipinski definition) is 17. The van der Waals surface area contributed by atoms with Gasteiger partial charge in [0.2, 0.25) is 27.9 Å². The number of sulfonamides is 1. The summed E-state index contributed by atoms with van der Waals surface area (Å²) in [7, 11) is -15.2. The molecule has 0 saturated carbocycles. The maximum absolute atomic E-state index is 13.7. The van der Waals surface area contributed by atoms with Crippen LogP contribution in [0.2, 0.25) is 0 Å². The topological polar surface area (TPSA) is 309 Å². The van der Waals surface area contributed by atoms with Crippen molar-refractivity contribution < 1.29 is 52.1 Å². The Morgan fingerprint density at radius 1 is 0.534 bits per heavy atom. The number of aromatic nitrogens is 3. The van der Waals surface area contributed by atoms with Crippen LogP contribution in [0.15, 0.2) is 129 Å². The van der Waals surface area contributed by atoms with Crippen molar-refractivity contribution in [2.75, 3.05) is 53.4 Å². The lowest BCUT2D eigenvalue weighted by Crippen LogP contribution is -2.29. The van der Waals surface area contributed by atoms with Crippen LogP contribution in [-0.4, -0.2) is 89.5 Å². The maximum atomic E-state index is 13.7. The molecule has 1 aromatic heterocycles. The minimum absolute atomic E-state index is 0.0209. The predicted octanol–water partition coefficient (Wildman–Crippen LogP) is 7.82. The third-order valence-corrected chi connectivity index (χ3v) is 15.8. The van der Waals surface area contributed by atoms with Crippen molar-refractivity contribution in [3.63, 3.8) is 0 Å². The highest BCUT2D eigenvalue weighted by Gasteiger charge is 2.33. The summed E-state index contributed by atoms with van der Waals surface area (Å²) < 4.78 is 139. The summed E-state index contributed by atoms with van der Waals surface area (Å²) >= 11 is 0. The van der Waals surface area contributed by atoms with E-state index in [1.165, 1.54) is 23.1 Å². The van der Waals surface area contributed by atoms with Crippen molar-refractivity contribution in [2.24, 2.45) is 0 Å². The van der Waals surface area contributed by atoms with Crippen LogP contribution in [-0.2, 0) is 40.4 Å². The van der Waals surface area contributed by atoms with Gasteiger partial charge in [-0.2, -0.15) is 40.2 Å². The minimum Gasteiger partial charge on any atom is -0.457 e. The molecule has 0 amide bonds. The summed E-state index contributed by atoms with van der Waals surface area (Å²) in [5.41, 5.74) is 7.34. The maximum Gasteiger partial charge on any atom is 0.296 e. The number of anilines is 8. The fourth-order valence-electron chi connectivity index (χ4n) is 8.28. The van der Waals surface area contributed by atoms with Gasteiger partial charge in [-0.05, 0) is 104 Å². The van der Waals surface area contributed by atoms with Crippen molar-refractivity contribution >= 4 is 86.7 Å². The van der Waals surface area contributed by atoms with Gasteiger partial charge in [0.05, 0.1) is 20.4 Å². The Labute approximate surface area is 422 Å². The number of hydrogen-bond donors (Lipinski definition) is 8. The third-order valence-electron chi connectivity index (χ3n) is 11.7. The number of benzene rings is 6. The summed E-state index contributed by atoms with van der Waals surface area (Å²) in [4.78, 5) is 12.4. The number of ether oxygens (including phenoxy) is 1. The second kappa shape index (κ2) is 20.0. The molecule has 0 saturated heterocycles. The highest BCUT2D eigenvalue weighted by Crippen LogP contribution is 2.50. The van der Waals surface area contributed by atoms with Crippen LogP contribution in [0.5, 0.6) is 11.5 Å². The molecule has 21 nitrogen and oxygen atoms in total. The molecule has 73 heavy (non-hydrogen) atoms. The lowest BCUT2D eigenvalue weighted by molar-refractivity contribution is 0.451. The molecule has 1 unspecified atom stereocenters. The average Bonchev–Trinajstić information content (AvgIpc) is 3.31. The molecule has 8 rings (SSSR count). The van der Waals surface area contributed by atoms with Gasteiger partial charge in [0.25, 0.3) is 30.4 Å². The lowest BCUT2D eigenvalue weighted by atomic mass is 9.82. The first kappa shape index (κ1) is 52.1. The zero-order valence-corrected chi connectivity index (χ0v) is 43.1. The van der Waals surface area contributed by atoms with E-state index in [2.05, 4.69) is 40.9 Å². The second-order valence-electron chi connectivity index (χ2n) is 17.2. The molecule has 7 aromatic rings. The van der Waals surface area contributed by atoms with Gasteiger partial charge in [0, 0.05) is 79.1 Å². The molecule has 2 heterocycles. The molecule has 0 bridgehead atoms. The first-order valence-corrected chi connectivity index (χ1v) is 27.8. The van der Waals surface area contributed by atoms with E-state index in [1.54, 1.807) is 58.3 Å². The molecule has 0 fully saturated rings. The van der Waals surface area contributed by atoms with E-state index in [9.17, 15) is 47.3 Å². The van der Waals surface area contributed by atoms with Crippen LogP contribution in [0.4, 0.5) is 46.3 Å². The Balaban J connectivity index is 1.00. The molecule has 8 N–H and O–H groups in total. The molecular weight excluding hydrogens is 1020 g/mol. The van der Waals surface area contributed by atoms with Crippen molar-refractivity contribution in [3.05, 3.63) is 148 Å². The Bertz CT molecular complexity index is 3760. The Kier molecular flexibility index (Phi) is 14.3. The minimum atomic E-state index is -4.90. The average molecular weight is 1070 g/mol. The quantitative estimate of drug-likeness (QED) is 0.0318. The zero-order chi connectivity index (χ0) is 52.8. The summed E-state index contributed by atoms with van der Waals surface area (Å²) in [6.07, 6.45) is 0. The van der Waals surface area contributed by atoms with Gasteiger partial charge in [-0.3, -0.25) is 13.7 Å². The summed E-state index contributed by atoms with van der Waals surface area (Å²) in [6.45, 7) is 7.29. The number of para-hydroxylation sites is 1. The molecule has 1 atom stereocenters. The van der Waals surface area contributed by atoms with Gasteiger partial charge in [0.1, 0.15) is 16.4 Å². The standard InChI is InChI=1S/C48H49N9O12S4/c1-27-10-9-11-28(2)44(27)51-31-14-17-35-39(24-31)69-40-25-32(15-18-36(40)43(35)37-12-7-8-13-41(37)72(63,64)65)52-45-29(3)22-34(23-30(45)4)70(58,59)50-21-20-49-46-54-47(56-48(55-46)57(5)6)53-38-26-33(71(60,61)62)16-19-42(38)73(66,67)68/h7-19,22-26,43,50-52H,20-21H2,1-6H3,(H,60,61,62)(H,63,64,65)(H,66,67,68)(H2,49,53,54,55,56). The van der Waals surface area contributed by atoms with Crippen LogP contribution in [0.25, 0.3) is 0 Å². The van der Waals surface area contributed by atoms with E-state index < -0.39 is 61.8 Å². The van der Waals surface area contributed by atoms with Gasteiger partial charge < -0.3 is 30.9 Å². The molecule has 25 heteroatoms. The highest BCUT2D eigenvalue weighted by molar-refractivity contribution is 7.89. The Morgan fingerprint density at radius 3 is 1.66 bits per heavy atom.